The van der Waals surface area contributed by atoms with Crippen molar-refractivity contribution in [2.75, 3.05) is 12.4 Å². The van der Waals surface area contributed by atoms with E-state index in [1.807, 2.05) is 12.1 Å². The van der Waals surface area contributed by atoms with E-state index in [-0.39, 0.29) is 28.2 Å². The number of carbonyl (C=O) groups excluding carboxylic acids is 1. The molecule has 38 heavy (non-hydrogen) atoms. The SMILES string of the molecule is CN1Cc2cccc(Oc3nc(Nc4ccc(CO[Si](C)(C)C(C)(C)C)cc4)ncc3C(F)(F)F)c2C1=O. The number of hydrogen-bond acceptors (Lipinski definition) is 6. The lowest BCUT2D eigenvalue weighted by atomic mass is 10.1. The second-order valence-electron chi connectivity index (χ2n) is 10.8. The van der Waals surface area contributed by atoms with E-state index < -0.39 is 25.9 Å². The number of carbonyl (C=O) groups is 1. The first-order valence-corrected chi connectivity index (χ1v) is 15.1. The molecule has 0 atom stereocenters. The summed E-state index contributed by atoms with van der Waals surface area (Å²) in [5, 5.41) is 3.02. The third kappa shape index (κ3) is 5.83. The van der Waals surface area contributed by atoms with Crippen molar-refractivity contribution in [1.82, 2.24) is 14.9 Å². The van der Waals surface area contributed by atoms with Crippen LogP contribution in [0.25, 0.3) is 0 Å². The molecule has 0 spiro atoms. The van der Waals surface area contributed by atoms with Crippen molar-refractivity contribution in [3.05, 3.63) is 70.9 Å². The third-order valence-corrected chi connectivity index (χ3v) is 11.4. The van der Waals surface area contributed by atoms with Crippen LogP contribution in [0.4, 0.5) is 24.8 Å². The van der Waals surface area contributed by atoms with Gasteiger partial charge in [0.1, 0.15) is 11.3 Å². The number of hydrogen-bond donors (Lipinski definition) is 1. The fraction of sp³-hybridized carbons (Fsp3) is 0.370. The van der Waals surface area contributed by atoms with Gasteiger partial charge >= 0.3 is 6.18 Å². The lowest BCUT2D eigenvalue weighted by Gasteiger charge is -2.36. The molecule has 1 N–H and O–H groups in total. The van der Waals surface area contributed by atoms with Gasteiger partial charge in [0.25, 0.3) is 5.91 Å². The summed E-state index contributed by atoms with van der Waals surface area (Å²) < 4.78 is 53.1. The molecule has 0 aliphatic carbocycles. The van der Waals surface area contributed by atoms with Crippen LogP contribution in [0.3, 0.4) is 0 Å². The highest BCUT2D eigenvalue weighted by Crippen LogP contribution is 2.40. The summed E-state index contributed by atoms with van der Waals surface area (Å²) >= 11 is 0. The molecule has 0 fully saturated rings. The Balaban J connectivity index is 1.55. The van der Waals surface area contributed by atoms with E-state index in [1.165, 1.54) is 11.0 Å². The largest absolute Gasteiger partial charge is 0.437 e. The fourth-order valence-electron chi connectivity index (χ4n) is 3.65. The van der Waals surface area contributed by atoms with Crippen LogP contribution in [0.2, 0.25) is 18.1 Å². The molecule has 7 nitrogen and oxygen atoms in total. The van der Waals surface area contributed by atoms with Crippen LogP contribution in [0.5, 0.6) is 11.6 Å². The van der Waals surface area contributed by atoms with Gasteiger partial charge in [-0.1, -0.05) is 45.0 Å². The van der Waals surface area contributed by atoms with E-state index in [2.05, 4.69) is 49.1 Å². The summed E-state index contributed by atoms with van der Waals surface area (Å²) in [6.45, 7) is 11.7. The Morgan fingerprint density at radius 3 is 2.39 bits per heavy atom. The van der Waals surface area contributed by atoms with Crippen LogP contribution < -0.4 is 10.1 Å². The van der Waals surface area contributed by atoms with Crippen LogP contribution in [0.15, 0.2) is 48.7 Å². The van der Waals surface area contributed by atoms with Crippen LogP contribution in [0, 0.1) is 0 Å². The lowest BCUT2D eigenvalue weighted by Crippen LogP contribution is -2.40. The van der Waals surface area contributed by atoms with E-state index in [4.69, 9.17) is 9.16 Å². The molecule has 0 bridgehead atoms. The van der Waals surface area contributed by atoms with Gasteiger partial charge in [-0.3, -0.25) is 4.79 Å². The summed E-state index contributed by atoms with van der Waals surface area (Å²) in [6.07, 6.45) is -4.08. The first-order valence-electron chi connectivity index (χ1n) is 12.1. The van der Waals surface area contributed by atoms with Gasteiger partial charge < -0.3 is 19.4 Å². The summed E-state index contributed by atoms with van der Waals surface area (Å²) in [5.74, 6) is -1.08. The number of alkyl halides is 3. The lowest BCUT2D eigenvalue weighted by molar-refractivity contribution is -0.139. The number of amides is 1. The third-order valence-electron chi connectivity index (χ3n) is 6.96. The molecule has 0 saturated carbocycles. The average Bonchev–Trinajstić information content (AvgIpc) is 3.11. The molecule has 3 aromatic rings. The van der Waals surface area contributed by atoms with Crippen LogP contribution >= 0.6 is 0 Å². The minimum atomic E-state index is -4.75. The minimum Gasteiger partial charge on any atom is -0.437 e. The quantitative estimate of drug-likeness (QED) is 0.319. The molecule has 2 aromatic carbocycles. The highest BCUT2D eigenvalue weighted by molar-refractivity contribution is 6.74. The van der Waals surface area contributed by atoms with Crippen LogP contribution in [-0.4, -0.2) is 36.1 Å². The molecule has 1 aliphatic heterocycles. The number of benzene rings is 2. The normalized spacial score (nSPS) is 14.0. The smallest absolute Gasteiger partial charge is 0.423 e. The number of nitrogens with zero attached hydrogens (tertiary/aromatic N) is 3. The van der Waals surface area contributed by atoms with Gasteiger partial charge in [0.2, 0.25) is 11.8 Å². The van der Waals surface area contributed by atoms with Gasteiger partial charge in [-0.05, 0) is 47.5 Å². The number of nitrogens with one attached hydrogen (secondary N) is 1. The maximum absolute atomic E-state index is 13.7. The first-order chi connectivity index (χ1) is 17.7. The Labute approximate surface area is 221 Å². The van der Waals surface area contributed by atoms with E-state index in [0.717, 1.165) is 5.56 Å². The van der Waals surface area contributed by atoms with Gasteiger partial charge in [0, 0.05) is 25.5 Å². The van der Waals surface area contributed by atoms with Crippen molar-refractivity contribution in [2.45, 2.75) is 58.2 Å². The van der Waals surface area contributed by atoms with E-state index >= 15 is 0 Å². The summed E-state index contributed by atoms with van der Waals surface area (Å²) in [7, 11) is -0.286. The number of rotatable bonds is 7. The van der Waals surface area contributed by atoms with Crippen molar-refractivity contribution in [3.8, 4) is 11.6 Å². The van der Waals surface area contributed by atoms with Crippen LogP contribution in [0.1, 0.15) is 47.8 Å². The Kier molecular flexibility index (Phi) is 7.28. The molecule has 4 rings (SSSR count). The van der Waals surface area contributed by atoms with Crippen molar-refractivity contribution in [3.63, 3.8) is 0 Å². The van der Waals surface area contributed by atoms with Gasteiger partial charge in [-0.25, -0.2) is 4.98 Å². The van der Waals surface area contributed by atoms with Crippen LogP contribution in [-0.2, 0) is 23.8 Å². The maximum Gasteiger partial charge on any atom is 0.423 e. The highest BCUT2D eigenvalue weighted by atomic mass is 28.4. The minimum absolute atomic E-state index is 0.0121. The van der Waals surface area contributed by atoms with E-state index in [9.17, 15) is 18.0 Å². The molecular formula is C27H31F3N4O3Si. The van der Waals surface area contributed by atoms with Crippen molar-refractivity contribution in [2.24, 2.45) is 0 Å². The van der Waals surface area contributed by atoms with Gasteiger partial charge in [-0.15, -0.1) is 0 Å². The topological polar surface area (TPSA) is 76.6 Å². The molecule has 11 heteroatoms. The molecule has 1 aromatic heterocycles. The zero-order valence-corrected chi connectivity index (χ0v) is 23.2. The molecule has 0 unspecified atom stereocenters. The Morgan fingerprint density at radius 2 is 1.76 bits per heavy atom. The fourth-order valence-corrected chi connectivity index (χ4v) is 4.61. The predicted molar refractivity (Wildman–Crippen MR) is 141 cm³/mol. The number of ether oxygens (including phenoxy) is 1. The zero-order chi connectivity index (χ0) is 27.9. The average molecular weight is 545 g/mol. The van der Waals surface area contributed by atoms with Crippen molar-refractivity contribution in [1.29, 1.82) is 0 Å². The highest BCUT2D eigenvalue weighted by Gasteiger charge is 2.38. The molecule has 1 aliphatic rings. The Bertz CT molecular complexity index is 1340. The monoisotopic (exact) mass is 544 g/mol. The van der Waals surface area contributed by atoms with Gasteiger partial charge in [-0.2, -0.15) is 18.2 Å². The Hall–Kier alpha value is -3.44. The molecule has 202 valence electrons. The summed E-state index contributed by atoms with van der Waals surface area (Å²) in [5.41, 5.74) is 1.33. The molecule has 1 amide bonds. The summed E-state index contributed by atoms with van der Waals surface area (Å²) in [4.78, 5) is 21.9. The van der Waals surface area contributed by atoms with Crippen molar-refractivity contribution >= 4 is 25.9 Å². The molecule has 2 heterocycles. The van der Waals surface area contributed by atoms with Gasteiger partial charge in [0.05, 0.1) is 12.2 Å². The summed E-state index contributed by atoms with van der Waals surface area (Å²) in [6, 6.07) is 12.1. The standard InChI is InChI=1S/C27H31F3N4O3Si/c1-26(2,3)38(5,6)36-16-17-10-12-19(13-11-17)32-25-31-14-20(27(28,29)30)23(33-25)37-21-9-7-8-18-15-34(4)24(35)22(18)21/h7-14H,15-16H2,1-6H3,(H,31,32,33). The van der Waals surface area contributed by atoms with Crippen molar-refractivity contribution < 1.29 is 27.1 Å². The van der Waals surface area contributed by atoms with E-state index in [0.29, 0.717) is 30.6 Å². The number of aromatic nitrogens is 2. The maximum atomic E-state index is 13.7. The van der Waals surface area contributed by atoms with E-state index in [1.54, 1.807) is 31.3 Å². The molecule has 0 radical (unpaired) electrons. The second kappa shape index (κ2) is 10.0. The van der Waals surface area contributed by atoms with Gasteiger partial charge in [0.15, 0.2) is 8.32 Å². The number of fused-ring (bicyclic) bond motifs is 1. The predicted octanol–water partition coefficient (Wildman–Crippen LogP) is 7.14. The second-order valence-corrected chi connectivity index (χ2v) is 15.6. The first kappa shape index (κ1) is 27.6. The number of anilines is 2. The zero-order valence-electron chi connectivity index (χ0n) is 22.2. The molecular weight excluding hydrogens is 513 g/mol. The molecule has 0 saturated heterocycles. The number of halogens is 3. The Morgan fingerprint density at radius 1 is 1.08 bits per heavy atom.